The van der Waals surface area contributed by atoms with Crippen LogP contribution < -0.4 is 15.4 Å². The second-order valence-corrected chi connectivity index (χ2v) is 4.70. The maximum absolute atomic E-state index is 12.3. The van der Waals surface area contributed by atoms with Crippen molar-refractivity contribution in [2.45, 2.75) is 6.42 Å². The normalized spacial score (nSPS) is 12.4. The number of carbonyl (C=O) groups is 1. The van der Waals surface area contributed by atoms with Gasteiger partial charge in [-0.15, -0.1) is 0 Å². The smallest absolute Gasteiger partial charge is 0.255 e. The Morgan fingerprint density at radius 2 is 2.10 bits per heavy atom. The number of nitrogens with one attached hydrogen (secondary N) is 2. The lowest BCUT2D eigenvalue weighted by Gasteiger charge is -2.10. The fourth-order valence-corrected chi connectivity index (χ4v) is 2.37. The van der Waals surface area contributed by atoms with Crippen molar-refractivity contribution in [1.29, 1.82) is 0 Å². The molecular formula is C16H16N2O2. The molecule has 0 atom stereocenters. The van der Waals surface area contributed by atoms with E-state index in [1.165, 1.54) is 5.56 Å². The van der Waals surface area contributed by atoms with Crippen LogP contribution in [0.15, 0.2) is 42.5 Å². The van der Waals surface area contributed by atoms with E-state index in [1.807, 2.05) is 42.5 Å². The number of para-hydroxylation sites is 2. The molecule has 102 valence electrons. The van der Waals surface area contributed by atoms with Crippen LogP contribution in [-0.2, 0) is 6.42 Å². The molecule has 0 spiro atoms. The molecule has 1 amide bonds. The van der Waals surface area contributed by atoms with Crippen LogP contribution >= 0.6 is 0 Å². The molecule has 0 radical (unpaired) electrons. The summed E-state index contributed by atoms with van der Waals surface area (Å²) in [5.74, 6) is 0.520. The van der Waals surface area contributed by atoms with Crippen molar-refractivity contribution >= 4 is 17.3 Å². The summed E-state index contributed by atoms with van der Waals surface area (Å²) in [5.41, 5.74) is 3.63. The monoisotopic (exact) mass is 268 g/mol. The number of hydrogen-bond donors (Lipinski definition) is 2. The Hall–Kier alpha value is -2.49. The third-order valence-electron chi connectivity index (χ3n) is 3.44. The van der Waals surface area contributed by atoms with Gasteiger partial charge in [-0.05, 0) is 36.2 Å². The largest absolute Gasteiger partial charge is 0.495 e. The second-order valence-electron chi connectivity index (χ2n) is 4.70. The molecule has 0 bridgehead atoms. The second kappa shape index (κ2) is 5.25. The quantitative estimate of drug-likeness (QED) is 0.900. The summed E-state index contributed by atoms with van der Waals surface area (Å²) in [4.78, 5) is 12.3. The number of anilines is 2. The number of benzene rings is 2. The first-order valence-corrected chi connectivity index (χ1v) is 6.59. The summed E-state index contributed by atoms with van der Waals surface area (Å²) >= 11 is 0. The molecule has 0 saturated carbocycles. The molecule has 0 aromatic heterocycles. The SMILES string of the molecule is COc1ccccc1NC(=O)c1ccc2c(c1)NCC2. The van der Waals surface area contributed by atoms with E-state index >= 15 is 0 Å². The van der Waals surface area contributed by atoms with Gasteiger partial charge >= 0.3 is 0 Å². The van der Waals surface area contributed by atoms with E-state index in [0.717, 1.165) is 18.7 Å². The van der Waals surface area contributed by atoms with Crippen molar-refractivity contribution in [1.82, 2.24) is 0 Å². The fourth-order valence-electron chi connectivity index (χ4n) is 2.37. The Morgan fingerprint density at radius 1 is 1.25 bits per heavy atom. The summed E-state index contributed by atoms with van der Waals surface area (Å²) in [5, 5.41) is 6.15. The lowest BCUT2D eigenvalue weighted by atomic mass is 10.1. The highest BCUT2D eigenvalue weighted by Gasteiger charge is 2.14. The number of rotatable bonds is 3. The van der Waals surface area contributed by atoms with Gasteiger partial charge in [0.25, 0.3) is 5.91 Å². The number of carbonyl (C=O) groups excluding carboxylic acids is 1. The Balaban J connectivity index is 1.83. The Labute approximate surface area is 117 Å². The molecule has 3 rings (SSSR count). The summed E-state index contributed by atoms with van der Waals surface area (Å²) in [6.07, 6.45) is 1.02. The van der Waals surface area contributed by atoms with E-state index in [0.29, 0.717) is 17.0 Å². The zero-order chi connectivity index (χ0) is 13.9. The van der Waals surface area contributed by atoms with Gasteiger partial charge in [-0.2, -0.15) is 0 Å². The molecule has 1 heterocycles. The summed E-state index contributed by atoms with van der Waals surface area (Å²) in [6.45, 7) is 0.937. The summed E-state index contributed by atoms with van der Waals surface area (Å²) in [7, 11) is 1.59. The van der Waals surface area contributed by atoms with Crippen molar-refractivity contribution in [3.63, 3.8) is 0 Å². The van der Waals surface area contributed by atoms with E-state index in [9.17, 15) is 4.79 Å². The lowest BCUT2D eigenvalue weighted by molar-refractivity contribution is 0.102. The van der Waals surface area contributed by atoms with Crippen molar-refractivity contribution in [3.8, 4) is 5.75 Å². The van der Waals surface area contributed by atoms with E-state index in [2.05, 4.69) is 10.6 Å². The van der Waals surface area contributed by atoms with Gasteiger partial charge in [-0.25, -0.2) is 0 Å². The van der Waals surface area contributed by atoms with Crippen LogP contribution in [0.3, 0.4) is 0 Å². The molecule has 2 N–H and O–H groups in total. The van der Waals surface area contributed by atoms with Crippen LogP contribution in [0.5, 0.6) is 5.75 Å². The standard InChI is InChI=1S/C16H16N2O2/c1-20-15-5-3-2-4-13(15)18-16(19)12-7-6-11-8-9-17-14(11)10-12/h2-7,10,17H,8-9H2,1H3,(H,18,19). The number of ether oxygens (including phenoxy) is 1. The Kier molecular flexibility index (Phi) is 3.29. The molecule has 2 aromatic rings. The average Bonchev–Trinajstić information content (AvgIpc) is 2.95. The summed E-state index contributed by atoms with van der Waals surface area (Å²) < 4.78 is 5.23. The molecule has 4 heteroatoms. The number of methoxy groups -OCH3 is 1. The predicted octanol–water partition coefficient (Wildman–Crippen LogP) is 2.92. The highest BCUT2D eigenvalue weighted by atomic mass is 16.5. The average molecular weight is 268 g/mol. The van der Waals surface area contributed by atoms with Gasteiger partial charge in [-0.3, -0.25) is 4.79 Å². The molecule has 1 aliphatic heterocycles. The van der Waals surface area contributed by atoms with Crippen molar-refractivity contribution in [2.75, 3.05) is 24.3 Å². The fraction of sp³-hybridized carbons (Fsp3) is 0.188. The zero-order valence-electron chi connectivity index (χ0n) is 11.3. The van der Waals surface area contributed by atoms with Gasteiger partial charge < -0.3 is 15.4 Å². The van der Waals surface area contributed by atoms with Gasteiger partial charge in [-0.1, -0.05) is 18.2 Å². The van der Waals surface area contributed by atoms with Crippen LogP contribution in [0.1, 0.15) is 15.9 Å². The topological polar surface area (TPSA) is 50.4 Å². The number of hydrogen-bond acceptors (Lipinski definition) is 3. The van der Waals surface area contributed by atoms with Gasteiger partial charge in [0, 0.05) is 17.8 Å². The molecule has 0 saturated heterocycles. The highest BCUT2D eigenvalue weighted by Crippen LogP contribution is 2.26. The first-order valence-electron chi connectivity index (χ1n) is 6.59. The van der Waals surface area contributed by atoms with Gasteiger partial charge in [0.15, 0.2) is 0 Å². The van der Waals surface area contributed by atoms with Gasteiger partial charge in [0.1, 0.15) is 5.75 Å². The van der Waals surface area contributed by atoms with E-state index in [1.54, 1.807) is 7.11 Å². The first-order chi connectivity index (χ1) is 9.78. The van der Waals surface area contributed by atoms with Gasteiger partial charge in [0.2, 0.25) is 0 Å². The van der Waals surface area contributed by atoms with Crippen molar-refractivity contribution in [3.05, 3.63) is 53.6 Å². The van der Waals surface area contributed by atoms with Crippen LogP contribution in [0.25, 0.3) is 0 Å². The maximum atomic E-state index is 12.3. The first kappa shape index (κ1) is 12.5. The minimum absolute atomic E-state index is 0.133. The van der Waals surface area contributed by atoms with E-state index in [4.69, 9.17) is 4.74 Å². The Morgan fingerprint density at radius 3 is 2.95 bits per heavy atom. The zero-order valence-corrected chi connectivity index (χ0v) is 11.3. The molecule has 4 nitrogen and oxygen atoms in total. The molecule has 2 aromatic carbocycles. The third-order valence-corrected chi connectivity index (χ3v) is 3.44. The van der Waals surface area contributed by atoms with Gasteiger partial charge in [0.05, 0.1) is 12.8 Å². The summed E-state index contributed by atoms with van der Waals surface area (Å²) in [6, 6.07) is 13.1. The van der Waals surface area contributed by atoms with Crippen LogP contribution in [-0.4, -0.2) is 19.6 Å². The maximum Gasteiger partial charge on any atom is 0.255 e. The molecule has 0 aliphatic carbocycles. The van der Waals surface area contributed by atoms with E-state index < -0.39 is 0 Å². The molecule has 20 heavy (non-hydrogen) atoms. The highest BCUT2D eigenvalue weighted by molar-refractivity contribution is 6.05. The third kappa shape index (κ3) is 2.32. The number of amides is 1. The van der Waals surface area contributed by atoms with Crippen LogP contribution in [0.4, 0.5) is 11.4 Å². The minimum Gasteiger partial charge on any atom is -0.495 e. The Bertz CT molecular complexity index is 653. The van der Waals surface area contributed by atoms with Crippen LogP contribution in [0.2, 0.25) is 0 Å². The predicted molar refractivity (Wildman–Crippen MR) is 79.6 cm³/mol. The van der Waals surface area contributed by atoms with Crippen LogP contribution in [0, 0.1) is 0 Å². The van der Waals surface area contributed by atoms with Crippen molar-refractivity contribution in [2.24, 2.45) is 0 Å². The minimum atomic E-state index is -0.133. The number of fused-ring (bicyclic) bond motifs is 1. The molecule has 1 aliphatic rings. The molecule has 0 unspecified atom stereocenters. The van der Waals surface area contributed by atoms with E-state index in [-0.39, 0.29) is 5.91 Å². The van der Waals surface area contributed by atoms with Crippen molar-refractivity contribution < 1.29 is 9.53 Å². The molecular weight excluding hydrogens is 252 g/mol. The lowest BCUT2D eigenvalue weighted by Crippen LogP contribution is -2.12. The molecule has 0 fully saturated rings.